The van der Waals surface area contributed by atoms with E-state index < -0.39 is 17.7 Å². The van der Waals surface area contributed by atoms with Gasteiger partial charge in [0.25, 0.3) is 0 Å². The molecule has 7 heteroatoms. The number of ether oxygens (including phenoxy) is 4. The van der Waals surface area contributed by atoms with Gasteiger partial charge >= 0.3 is 12.1 Å². The standard InChI is InChI=1S/C19H23NO6/c1-19(2,3)26-18(22)20-13-9-12-7-6-8-14(17(21)24-5)16(12)15(10-13)25-11-23-4/h6-10H,11H2,1-5H3,(H,20,22). The number of rotatable bonds is 5. The fourth-order valence-electron chi connectivity index (χ4n) is 2.40. The van der Waals surface area contributed by atoms with E-state index in [-0.39, 0.29) is 6.79 Å². The number of amides is 1. The predicted octanol–water partition coefficient (Wildman–Crippen LogP) is 3.96. The van der Waals surface area contributed by atoms with Crippen LogP contribution in [0.2, 0.25) is 0 Å². The Labute approximate surface area is 152 Å². The Morgan fingerprint density at radius 3 is 2.46 bits per heavy atom. The third-order valence-corrected chi connectivity index (χ3v) is 3.32. The fourth-order valence-corrected chi connectivity index (χ4v) is 2.40. The Hall–Kier alpha value is -2.80. The summed E-state index contributed by atoms with van der Waals surface area (Å²) in [7, 11) is 2.81. The lowest BCUT2D eigenvalue weighted by Gasteiger charge is -2.20. The van der Waals surface area contributed by atoms with E-state index in [0.717, 1.165) is 0 Å². The van der Waals surface area contributed by atoms with Gasteiger partial charge in [-0.1, -0.05) is 12.1 Å². The molecule has 0 spiro atoms. The maximum absolute atomic E-state index is 12.1. The highest BCUT2D eigenvalue weighted by Gasteiger charge is 2.19. The number of anilines is 1. The second-order valence-electron chi connectivity index (χ2n) is 6.55. The van der Waals surface area contributed by atoms with Crippen LogP contribution in [0.3, 0.4) is 0 Å². The van der Waals surface area contributed by atoms with E-state index >= 15 is 0 Å². The second kappa shape index (κ2) is 8.05. The molecule has 0 fully saturated rings. The first kappa shape index (κ1) is 19.5. The Morgan fingerprint density at radius 1 is 1.12 bits per heavy atom. The molecule has 0 bridgehead atoms. The van der Waals surface area contributed by atoms with Gasteiger partial charge in [0.15, 0.2) is 6.79 Å². The first-order valence-electron chi connectivity index (χ1n) is 8.02. The molecule has 0 aliphatic heterocycles. The van der Waals surface area contributed by atoms with Crippen molar-refractivity contribution in [2.24, 2.45) is 0 Å². The van der Waals surface area contributed by atoms with E-state index in [0.29, 0.717) is 27.8 Å². The van der Waals surface area contributed by atoms with Gasteiger partial charge in [0, 0.05) is 24.2 Å². The number of benzene rings is 2. The van der Waals surface area contributed by atoms with Crippen molar-refractivity contribution in [2.45, 2.75) is 26.4 Å². The molecule has 0 atom stereocenters. The zero-order valence-electron chi connectivity index (χ0n) is 15.5. The van der Waals surface area contributed by atoms with Gasteiger partial charge in [0.05, 0.1) is 12.7 Å². The van der Waals surface area contributed by atoms with Crippen molar-refractivity contribution < 1.29 is 28.5 Å². The van der Waals surface area contributed by atoms with Crippen LogP contribution >= 0.6 is 0 Å². The van der Waals surface area contributed by atoms with Gasteiger partial charge in [0.2, 0.25) is 0 Å². The van der Waals surface area contributed by atoms with Crippen LogP contribution in [0, 0.1) is 0 Å². The maximum Gasteiger partial charge on any atom is 0.412 e. The van der Waals surface area contributed by atoms with Crippen molar-refractivity contribution in [1.82, 2.24) is 0 Å². The molecular formula is C19H23NO6. The molecule has 7 nitrogen and oxygen atoms in total. The number of fused-ring (bicyclic) bond motifs is 1. The lowest BCUT2D eigenvalue weighted by atomic mass is 10.0. The van der Waals surface area contributed by atoms with Crippen LogP contribution in [-0.2, 0) is 14.2 Å². The Morgan fingerprint density at radius 2 is 1.85 bits per heavy atom. The molecule has 0 saturated carbocycles. The summed E-state index contributed by atoms with van der Waals surface area (Å²) in [4.78, 5) is 24.1. The zero-order chi connectivity index (χ0) is 19.3. The van der Waals surface area contributed by atoms with Crippen LogP contribution in [-0.4, -0.2) is 38.7 Å². The Bertz CT molecular complexity index is 810. The van der Waals surface area contributed by atoms with Crippen molar-refractivity contribution >= 4 is 28.5 Å². The number of esters is 1. The van der Waals surface area contributed by atoms with E-state index in [2.05, 4.69) is 5.32 Å². The molecule has 140 valence electrons. The normalized spacial score (nSPS) is 11.1. The quantitative estimate of drug-likeness (QED) is 0.641. The van der Waals surface area contributed by atoms with Crippen molar-refractivity contribution in [1.29, 1.82) is 0 Å². The summed E-state index contributed by atoms with van der Waals surface area (Å²) < 4.78 is 20.7. The lowest BCUT2D eigenvalue weighted by Crippen LogP contribution is -2.27. The van der Waals surface area contributed by atoms with Crippen LogP contribution in [0.4, 0.5) is 10.5 Å². The van der Waals surface area contributed by atoms with Crippen molar-refractivity contribution in [3.05, 3.63) is 35.9 Å². The topological polar surface area (TPSA) is 83.1 Å². The number of nitrogens with one attached hydrogen (secondary N) is 1. The first-order valence-corrected chi connectivity index (χ1v) is 8.02. The minimum atomic E-state index is -0.617. The molecule has 0 saturated heterocycles. The summed E-state index contributed by atoms with van der Waals surface area (Å²) in [6.45, 7) is 5.33. The highest BCUT2D eigenvalue weighted by Crippen LogP contribution is 2.33. The minimum Gasteiger partial charge on any atom is -0.467 e. The van der Waals surface area contributed by atoms with Crippen LogP contribution in [0.15, 0.2) is 30.3 Å². The summed E-state index contributed by atoms with van der Waals surface area (Å²) in [6.07, 6.45) is -0.585. The van der Waals surface area contributed by atoms with Crippen LogP contribution in [0.1, 0.15) is 31.1 Å². The van der Waals surface area contributed by atoms with E-state index in [9.17, 15) is 9.59 Å². The first-order chi connectivity index (χ1) is 12.2. The molecular weight excluding hydrogens is 338 g/mol. The predicted molar refractivity (Wildman–Crippen MR) is 97.6 cm³/mol. The smallest absolute Gasteiger partial charge is 0.412 e. The summed E-state index contributed by atoms with van der Waals surface area (Å²) >= 11 is 0. The highest BCUT2D eigenvalue weighted by molar-refractivity contribution is 6.08. The Kier molecular flexibility index (Phi) is 6.05. The average Bonchev–Trinajstić information content (AvgIpc) is 2.56. The molecule has 1 N–H and O–H groups in total. The summed E-state index contributed by atoms with van der Waals surface area (Å²) in [6, 6.07) is 8.52. The highest BCUT2D eigenvalue weighted by atomic mass is 16.7. The van der Waals surface area contributed by atoms with Crippen molar-refractivity contribution in [3.63, 3.8) is 0 Å². The molecule has 0 aliphatic carbocycles. The number of carbonyl (C=O) groups excluding carboxylic acids is 2. The molecule has 2 aromatic rings. The van der Waals surface area contributed by atoms with E-state index in [1.54, 1.807) is 45.0 Å². The largest absolute Gasteiger partial charge is 0.467 e. The molecule has 2 aromatic carbocycles. The van der Waals surface area contributed by atoms with Crippen LogP contribution in [0.5, 0.6) is 5.75 Å². The summed E-state index contributed by atoms with van der Waals surface area (Å²) in [5.74, 6) is -0.0953. The molecule has 0 radical (unpaired) electrons. The SMILES string of the molecule is COCOc1cc(NC(=O)OC(C)(C)C)cc2cccc(C(=O)OC)c12. The Balaban J connectivity index is 2.48. The number of methoxy groups -OCH3 is 2. The van der Waals surface area contributed by atoms with Gasteiger partial charge in [-0.3, -0.25) is 5.32 Å². The van der Waals surface area contributed by atoms with Crippen molar-refractivity contribution in [3.8, 4) is 5.75 Å². The molecule has 0 unspecified atom stereocenters. The third kappa shape index (κ3) is 4.86. The number of carbonyl (C=O) groups is 2. The summed E-state index contributed by atoms with van der Waals surface area (Å²) in [5, 5.41) is 3.95. The van der Waals surface area contributed by atoms with Gasteiger partial charge < -0.3 is 18.9 Å². The molecule has 26 heavy (non-hydrogen) atoms. The summed E-state index contributed by atoms with van der Waals surface area (Å²) in [5.41, 5.74) is 0.216. The van der Waals surface area contributed by atoms with Gasteiger partial charge in [-0.25, -0.2) is 9.59 Å². The number of hydrogen-bond acceptors (Lipinski definition) is 6. The average molecular weight is 361 g/mol. The van der Waals surface area contributed by atoms with Crippen LogP contribution < -0.4 is 10.1 Å². The maximum atomic E-state index is 12.1. The van der Waals surface area contributed by atoms with E-state index in [4.69, 9.17) is 18.9 Å². The zero-order valence-corrected chi connectivity index (χ0v) is 15.5. The molecule has 1 amide bonds. The number of hydrogen-bond donors (Lipinski definition) is 1. The van der Waals surface area contributed by atoms with E-state index in [1.807, 2.05) is 6.07 Å². The molecule has 0 aliphatic rings. The molecule has 0 heterocycles. The van der Waals surface area contributed by atoms with Gasteiger partial charge in [-0.05, 0) is 38.3 Å². The van der Waals surface area contributed by atoms with E-state index in [1.165, 1.54) is 14.2 Å². The monoisotopic (exact) mass is 361 g/mol. The van der Waals surface area contributed by atoms with Gasteiger partial charge in [-0.2, -0.15) is 0 Å². The molecule has 2 rings (SSSR count). The fraction of sp³-hybridized carbons (Fsp3) is 0.368. The lowest BCUT2D eigenvalue weighted by molar-refractivity contribution is 0.0517. The van der Waals surface area contributed by atoms with Crippen molar-refractivity contribution in [2.75, 3.05) is 26.3 Å². The van der Waals surface area contributed by atoms with Gasteiger partial charge in [-0.15, -0.1) is 0 Å². The van der Waals surface area contributed by atoms with Gasteiger partial charge in [0.1, 0.15) is 11.4 Å². The third-order valence-electron chi connectivity index (χ3n) is 3.32. The molecule has 0 aromatic heterocycles. The second-order valence-corrected chi connectivity index (χ2v) is 6.55. The van der Waals surface area contributed by atoms with Crippen LogP contribution in [0.25, 0.3) is 10.8 Å². The minimum absolute atomic E-state index is 0.0134.